The maximum Gasteiger partial charge on any atom is 0.0219 e. The van der Waals surface area contributed by atoms with Gasteiger partial charge in [-0.2, -0.15) is 0 Å². The van der Waals surface area contributed by atoms with E-state index in [1.807, 2.05) is 11.3 Å². The first-order valence-electron chi connectivity index (χ1n) is 6.25. The van der Waals surface area contributed by atoms with Gasteiger partial charge in [0, 0.05) is 17.5 Å². The van der Waals surface area contributed by atoms with Gasteiger partial charge < -0.3 is 5.32 Å². The van der Waals surface area contributed by atoms with Crippen LogP contribution in [0.1, 0.15) is 48.1 Å². The predicted octanol–water partition coefficient (Wildman–Crippen LogP) is 3.27. The molecule has 2 aliphatic carbocycles. The predicted molar refractivity (Wildman–Crippen MR) is 65.4 cm³/mol. The van der Waals surface area contributed by atoms with E-state index >= 15 is 0 Å². The third-order valence-electron chi connectivity index (χ3n) is 3.56. The average Bonchev–Trinajstić information content (AvgIpc) is 3.03. The molecule has 1 saturated carbocycles. The fourth-order valence-corrected chi connectivity index (χ4v) is 3.58. The molecule has 0 amide bonds. The van der Waals surface area contributed by atoms with Crippen LogP contribution in [0.4, 0.5) is 0 Å². The van der Waals surface area contributed by atoms with Crippen molar-refractivity contribution in [1.82, 2.24) is 5.32 Å². The van der Waals surface area contributed by atoms with Crippen LogP contribution in [0.2, 0.25) is 0 Å². The Balaban J connectivity index is 1.72. The minimum atomic E-state index is 0.839. The van der Waals surface area contributed by atoms with Crippen molar-refractivity contribution in [3.05, 3.63) is 21.4 Å². The van der Waals surface area contributed by atoms with Crippen LogP contribution in [0.25, 0.3) is 0 Å². The zero-order valence-electron chi connectivity index (χ0n) is 9.22. The van der Waals surface area contributed by atoms with Crippen molar-refractivity contribution in [3.8, 4) is 0 Å². The highest BCUT2D eigenvalue weighted by Crippen LogP contribution is 2.30. The lowest BCUT2D eigenvalue weighted by Crippen LogP contribution is -2.15. The summed E-state index contributed by atoms with van der Waals surface area (Å²) in [6.07, 6.45) is 9.70. The van der Waals surface area contributed by atoms with Gasteiger partial charge in [-0.1, -0.05) is 6.42 Å². The molecule has 1 heterocycles. The molecule has 0 aromatic carbocycles. The van der Waals surface area contributed by atoms with Crippen LogP contribution in [-0.4, -0.2) is 6.04 Å². The standard InChI is InChI=1S/C13H19NS/c1-2-4-12-10(8-14-11-6-7-11)9-15-13(12)5-3-1/h9,11,14H,1-8H2. The Bertz CT molecular complexity index is 338. The van der Waals surface area contributed by atoms with Crippen molar-refractivity contribution in [2.45, 2.75) is 57.5 Å². The third kappa shape index (κ3) is 2.26. The molecule has 1 aromatic heterocycles. The van der Waals surface area contributed by atoms with Crippen LogP contribution in [0.3, 0.4) is 0 Å². The molecule has 0 aliphatic heterocycles. The molecule has 0 unspecified atom stereocenters. The van der Waals surface area contributed by atoms with Crippen LogP contribution in [0.5, 0.6) is 0 Å². The van der Waals surface area contributed by atoms with Gasteiger partial charge in [-0.15, -0.1) is 11.3 Å². The summed E-state index contributed by atoms with van der Waals surface area (Å²) in [7, 11) is 0. The summed E-state index contributed by atoms with van der Waals surface area (Å²) in [5.41, 5.74) is 3.30. The highest BCUT2D eigenvalue weighted by molar-refractivity contribution is 7.10. The van der Waals surface area contributed by atoms with Crippen LogP contribution in [-0.2, 0) is 19.4 Å². The molecule has 0 bridgehead atoms. The zero-order valence-corrected chi connectivity index (χ0v) is 10.0. The number of fused-ring (bicyclic) bond motifs is 1. The molecule has 1 fully saturated rings. The maximum atomic E-state index is 3.64. The second-order valence-electron chi connectivity index (χ2n) is 4.88. The van der Waals surface area contributed by atoms with E-state index in [-0.39, 0.29) is 0 Å². The van der Waals surface area contributed by atoms with E-state index in [0.29, 0.717) is 0 Å². The molecule has 0 spiro atoms. The lowest BCUT2D eigenvalue weighted by molar-refractivity contribution is 0.678. The van der Waals surface area contributed by atoms with Gasteiger partial charge in [0.15, 0.2) is 0 Å². The quantitative estimate of drug-likeness (QED) is 0.772. The van der Waals surface area contributed by atoms with E-state index in [2.05, 4.69) is 10.7 Å². The van der Waals surface area contributed by atoms with Gasteiger partial charge in [-0.25, -0.2) is 0 Å². The molecule has 3 rings (SSSR count). The van der Waals surface area contributed by atoms with Gasteiger partial charge in [-0.3, -0.25) is 0 Å². The van der Waals surface area contributed by atoms with Gasteiger partial charge >= 0.3 is 0 Å². The minimum Gasteiger partial charge on any atom is -0.310 e. The van der Waals surface area contributed by atoms with E-state index in [1.54, 1.807) is 16.0 Å². The molecule has 0 radical (unpaired) electrons. The fraction of sp³-hybridized carbons (Fsp3) is 0.692. The molecule has 2 heteroatoms. The molecule has 15 heavy (non-hydrogen) atoms. The van der Waals surface area contributed by atoms with Crippen LogP contribution in [0.15, 0.2) is 5.38 Å². The first kappa shape index (κ1) is 9.86. The molecular weight excluding hydrogens is 202 g/mol. The number of hydrogen-bond acceptors (Lipinski definition) is 2. The molecule has 82 valence electrons. The SMILES string of the molecule is c1sc2c(c1CNC1CC1)CCCCC2. The van der Waals surface area contributed by atoms with Crippen LogP contribution >= 0.6 is 11.3 Å². The van der Waals surface area contributed by atoms with Crippen molar-refractivity contribution in [2.75, 3.05) is 0 Å². The largest absolute Gasteiger partial charge is 0.310 e. The van der Waals surface area contributed by atoms with Gasteiger partial charge in [0.1, 0.15) is 0 Å². The summed E-state index contributed by atoms with van der Waals surface area (Å²) in [6.45, 7) is 1.12. The molecule has 1 N–H and O–H groups in total. The summed E-state index contributed by atoms with van der Waals surface area (Å²) in [5.74, 6) is 0. The van der Waals surface area contributed by atoms with Gasteiger partial charge in [0.05, 0.1) is 0 Å². The highest BCUT2D eigenvalue weighted by Gasteiger charge is 2.21. The monoisotopic (exact) mass is 221 g/mol. The third-order valence-corrected chi connectivity index (χ3v) is 4.69. The number of thiophene rings is 1. The van der Waals surface area contributed by atoms with Crippen molar-refractivity contribution in [2.24, 2.45) is 0 Å². The second kappa shape index (κ2) is 4.26. The van der Waals surface area contributed by atoms with Crippen molar-refractivity contribution >= 4 is 11.3 Å². The summed E-state index contributed by atoms with van der Waals surface area (Å²) >= 11 is 2.00. The first-order chi connectivity index (χ1) is 7.43. The Hall–Kier alpha value is -0.340. The van der Waals surface area contributed by atoms with E-state index in [9.17, 15) is 0 Å². The Morgan fingerprint density at radius 1 is 1.20 bits per heavy atom. The Kier molecular flexibility index (Phi) is 2.80. The number of aryl methyl sites for hydroxylation is 1. The van der Waals surface area contributed by atoms with E-state index in [4.69, 9.17) is 0 Å². The first-order valence-corrected chi connectivity index (χ1v) is 7.13. The number of nitrogens with one attached hydrogen (secondary N) is 1. The Labute approximate surface area is 95.9 Å². The molecule has 1 nitrogen and oxygen atoms in total. The van der Waals surface area contributed by atoms with Crippen LogP contribution in [0, 0.1) is 0 Å². The minimum absolute atomic E-state index is 0.839. The molecule has 1 aromatic rings. The lowest BCUT2D eigenvalue weighted by atomic mass is 10.1. The average molecular weight is 221 g/mol. The van der Waals surface area contributed by atoms with Crippen molar-refractivity contribution < 1.29 is 0 Å². The van der Waals surface area contributed by atoms with E-state index in [1.165, 1.54) is 44.9 Å². The molecule has 0 atom stereocenters. The summed E-state index contributed by atoms with van der Waals surface area (Å²) < 4.78 is 0. The summed E-state index contributed by atoms with van der Waals surface area (Å²) in [4.78, 5) is 1.68. The number of rotatable bonds is 3. The second-order valence-corrected chi connectivity index (χ2v) is 5.84. The lowest BCUT2D eigenvalue weighted by Gasteiger charge is -2.05. The van der Waals surface area contributed by atoms with Gasteiger partial charge in [0.2, 0.25) is 0 Å². The highest BCUT2D eigenvalue weighted by atomic mass is 32.1. The maximum absolute atomic E-state index is 3.64. The smallest absolute Gasteiger partial charge is 0.0219 e. The number of hydrogen-bond donors (Lipinski definition) is 1. The molecule has 0 saturated heterocycles. The Morgan fingerprint density at radius 3 is 2.93 bits per heavy atom. The van der Waals surface area contributed by atoms with Crippen LogP contribution < -0.4 is 5.32 Å². The van der Waals surface area contributed by atoms with E-state index in [0.717, 1.165) is 12.6 Å². The summed E-state index contributed by atoms with van der Waals surface area (Å²) in [6, 6.07) is 0.839. The van der Waals surface area contributed by atoms with Crippen molar-refractivity contribution in [1.29, 1.82) is 0 Å². The normalized spacial score (nSPS) is 21.1. The zero-order chi connectivity index (χ0) is 10.1. The van der Waals surface area contributed by atoms with Crippen molar-refractivity contribution in [3.63, 3.8) is 0 Å². The summed E-state index contributed by atoms with van der Waals surface area (Å²) in [5, 5.41) is 6.03. The van der Waals surface area contributed by atoms with E-state index < -0.39 is 0 Å². The van der Waals surface area contributed by atoms with Gasteiger partial charge in [-0.05, 0) is 55.0 Å². The fourth-order valence-electron chi connectivity index (χ4n) is 2.43. The Morgan fingerprint density at radius 2 is 2.07 bits per heavy atom. The molecule has 2 aliphatic rings. The molecular formula is C13H19NS. The topological polar surface area (TPSA) is 12.0 Å². The van der Waals surface area contributed by atoms with Gasteiger partial charge in [0.25, 0.3) is 0 Å².